The highest BCUT2D eigenvalue weighted by Crippen LogP contribution is 2.52. The van der Waals surface area contributed by atoms with E-state index >= 15 is 0 Å². The topological polar surface area (TPSA) is 60.2 Å². The lowest BCUT2D eigenvalue weighted by atomic mass is 10.0. The van der Waals surface area contributed by atoms with E-state index in [0.29, 0.717) is 22.3 Å². The molecule has 0 saturated heterocycles. The van der Waals surface area contributed by atoms with Gasteiger partial charge in [0, 0.05) is 12.0 Å². The molecule has 2 rings (SSSR count). The van der Waals surface area contributed by atoms with Crippen LogP contribution >= 0.6 is 22.6 Å². The van der Waals surface area contributed by atoms with Gasteiger partial charge in [-0.15, -0.1) is 10.2 Å². The van der Waals surface area contributed by atoms with E-state index in [1.807, 2.05) is 22.6 Å². The average Bonchev–Trinajstić information content (AvgIpc) is 3.26. The van der Waals surface area contributed by atoms with Crippen molar-refractivity contribution in [1.29, 1.82) is 0 Å². The molecular formula is C14H14F3IN2O3. The first-order valence-electron chi connectivity index (χ1n) is 6.89. The van der Waals surface area contributed by atoms with E-state index < -0.39 is 11.8 Å². The van der Waals surface area contributed by atoms with Gasteiger partial charge in [-0.2, -0.15) is 13.2 Å². The normalized spacial score (nSPS) is 15.3. The number of esters is 1. The standard InChI is InChI=1S/C14H14F3IN2O3/c1-2-22-12(21)4-3-7-23-11-6-5-9(8-10(11)18)13(19-20-13)14(15,16)17/h5-6,8H,2-4,7H2,1H3. The first-order valence-corrected chi connectivity index (χ1v) is 7.97. The highest BCUT2D eigenvalue weighted by Gasteiger charge is 2.65. The van der Waals surface area contributed by atoms with Crippen molar-refractivity contribution in [2.75, 3.05) is 13.2 Å². The Kier molecular flexibility index (Phi) is 5.48. The van der Waals surface area contributed by atoms with Crippen LogP contribution in [0.15, 0.2) is 28.4 Å². The molecule has 0 atom stereocenters. The fraction of sp³-hybridized carbons (Fsp3) is 0.500. The number of halogens is 4. The van der Waals surface area contributed by atoms with Crippen molar-refractivity contribution < 1.29 is 27.4 Å². The molecule has 1 aromatic carbocycles. The molecule has 0 fully saturated rings. The lowest BCUT2D eigenvalue weighted by Gasteiger charge is -2.16. The molecule has 1 aliphatic heterocycles. The van der Waals surface area contributed by atoms with Crippen molar-refractivity contribution in [3.63, 3.8) is 0 Å². The molecule has 0 spiro atoms. The summed E-state index contributed by atoms with van der Waals surface area (Å²) < 4.78 is 49.6. The van der Waals surface area contributed by atoms with E-state index in [0.717, 1.165) is 0 Å². The van der Waals surface area contributed by atoms with Crippen LogP contribution in [0.25, 0.3) is 0 Å². The van der Waals surface area contributed by atoms with Crippen LogP contribution in [-0.2, 0) is 15.2 Å². The van der Waals surface area contributed by atoms with E-state index in [-0.39, 0.29) is 24.6 Å². The van der Waals surface area contributed by atoms with Crippen LogP contribution in [0.5, 0.6) is 5.75 Å². The minimum Gasteiger partial charge on any atom is -0.492 e. The maximum absolute atomic E-state index is 12.9. The largest absolute Gasteiger partial charge is 0.492 e. The first-order chi connectivity index (χ1) is 10.8. The van der Waals surface area contributed by atoms with E-state index in [9.17, 15) is 18.0 Å². The Bertz CT molecular complexity index is 614. The molecule has 0 amide bonds. The summed E-state index contributed by atoms with van der Waals surface area (Å²) in [5, 5.41) is 6.33. The zero-order valence-electron chi connectivity index (χ0n) is 12.2. The molecule has 9 heteroatoms. The van der Waals surface area contributed by atoms with Crippen molar-refractivity contribution in [3.05, 3.63) is 27.3 Å². The Morgan fingerprint density at radius 3 is 2.57 bits per heavy atom. The maximum Gasteiger partial charge on any atom is 0.442 e. The third-order valence-corrected chi connectivity index (χ3v) is 3.96. The van der Waals surface area contributed by atoms with E-state index in [1.54, 1.807) is 6.92 Å². The fourth-order valence-electron chi connectivity index (χ4n) is 1.91. The number of hydrogen-bond acceptors (Lipinski definition) is 5. The number of rotatable bonds is 7. The zero-order valence-corrected chi connectivity index (χ0v) is 14.3. The average molecular weight is 442 g/mol. The summed E-state index contributed by atoms with van der Waals surface area (Å²) in [7, 11) is 0. The number of hydrogen-bond donors (Lipinski definition) is 0. The molecule has 0 aliphatic carbocycles. The number of nitrogens with zero attached hydrogens (tertiary/aromatic N) is 2. The molecule has 126 valence electrons. The van der Waals surface area contributed by atoms with Crippen LogP contribution in [-0.4, -0.2) is 25.4 Å². The molecule has 1 aromatic rings. The summed E-state index contributed by atoms with van der Waals surface area (Å²) in [5.74, 6) is 0.154. The highest BCUT2D eigenvalue weighted by molar-refractivity contribution is 14.1. The van der Waals surface area contributed by atoms with Crippen molar-refractivity contribution >= 4 is 28.6 Å². The number of alkyl halides is 3. The maximum atomic E-state index is 12.9. The van der Waals surface area contributed by atoms with E-state index in [1.165, 1.54) is 18.2 Å². The minimum absolute atomic E-state index is 0.0340. The number of carbonyl (C=O) groups is 1. The zero-order chi connectivity index (χ0) is 17.1. The van der Waals surface area contributed by atoms with Crippen molar-refractivity contribution in [2.45, 2.75) is 31.6 Å². The summed E-state index contributed by atoms with van der Waals surface area (Å²) in [5.41, 5.74) is -2.46. The second kappa shape index (κ2) is 7.02. The van der Waals surface area contributed by atoms with Crippen molar-refractivity contribution in [1.82, 2.24) is 0 Å². The molecule has 1 aliphatic rings. The Labute approximate surface area is 144 Å². The molecule has 0 saturated carbocycles. The van der Waals surface area contributed by atoms with E-state index in [2.05, 4.69) is 10.2 Å². The Balaban J connectivity index is 1.92. The van der Waals surface area contributed by atoms with Gasteiger partial charge >= 0.3 is 17.8 Å². The van der Waals surface area contributed by atoms with Gasteiger partial charge in [0.15, 0.2) is 0 Å². The Morgan fingerprint density at radius 1 is 1.35 bits per heavy atom. The summed E-state index contributed by atoms with van der Waals surface area (Å²) >= 11 is 1.89. The summed E-state index contributed by atoms with van der Waals surface area (Å²) in [6.07, 6.45) is -3.84. The molecular weight excluding hydrogens is 428 g/mol. The van der Waals surface area contributed by atoms with Gasteiger partial charge in [0.25, 0.3) is 0 Å². The van der Waals surface area contributed by atoms with Gasteiger partial charge < -0.3 is 9.47 Å². The van der Waals surface area contributed by atoms with Crippen LogP contribution in [0.3, 0.4) is 0 Å². The van der Waals surface area contributed by atoms with Crippen molar-refractivity contribution in [2.24, 2.45) is 10.2 Å². The first kappa shape index (κ1) is 18.0. The number of ether oxygens (including phenoxy) is 2. The predicted octanol–water partition coefficient (Wildman–Crippen LogP) is 4.19. The monoisotopic (exact) mass is 442 g/mol. The van der Waals surface area contributed by atoms with Gasteiger partial charge in [0.05, 0.1) is 16.8 Å². The second-order valence-electron chi connectivity index (χ2n) is 4.77. The number of benzene rings is 1. The van der Waals surface area contributed by atoms with Gasteiger partial charge in [-0.25, -0.2) is 0 Å². The predicted molar refractivity (Wildman–Crippen MR) is 83.1 cm³/mol. The molecule has 1 heterocycles. The quantitative estimate of drug-likeness (QED) is 0.362. The lowest BCUT2D eigenvalue weighted by molar-refractivity contribution is -0.166. The van der Waals surface area contributed by atoms with Crippen LogP contribution in [0.1, 0.15) is 25.3 Å². The summed E-state index contributed by atoms with van der Waals surface area (Å²) in [4.78, 5) is 11.2. The molecule has 0 radical (unpaired) electrons. The number of carbonyl (C=O) groups excluding carboxylic acids is 1. The highest BCUT2D eigenvalue weighted by atomic mass is 127. The van der Waals surface area contributed by atoms with Crippen LogP contribution in [0.4, 0.5) is 13.2 Å². The summed E-state index contributed by atoms with van der Waals surface area (Å²) in [6.45, 7) is 2.33. The molecule has 0 aromatic heterocycles. The minimum atomic E-state index is -4.54. The second-order valence-corrected chi connectivity index (χ2v) is 5.93. The van der Waals surface area contributed by atoms with Gasteiger partial charge in [-0.05, 0) is 48.1 Å². The fourth-order valence-corrected chi connectivity index (χ4v) is 2.58. The Morgan fingerprint density at radius 2 is 2.04 bits per heavy atom. The third-order valence-electron chi connectivity index (χ3n) is 3.12. The SMILES string of the molecule is CCOC(=O)CCCOc1ccc(C2(C(F)(F)F)N=N2)cc1I. The smallest absolute Gasteiger partial charge is 0.442 e. The van der Waals surface area contributed by atoms with Gasteiger partial charge in [-0.1, -0.05) is 6.07 Å². The molecule has 0 bridgehead atoms. The van der Waals surface area contributed by atoms with Crippen LogP contribution in [0.2, 0.25) is 0 Å². The van der Waals surface area contributed by atoms with Crippen LogP contribution < -0.4 is 4.74 Å². The molecule has 23 heavy (non-hydrogen) atoms. The van der Waals surface area contributed by atoms with Gasteiger partial charge in [-0.3, -0.25) is 4.79 Å². The van der Waals surface area contributed by atoms with Gasteiger partial charge in [0.2, 0.25) is 0 Å². The third kappa shape index (κ3) is 4.12. The van der Waals surface area contributed by atoms with Crippen LogP contribution in [0, 0.1) is 3.57 Å². The molecule has 0 N–H and O–H groups in total. The summed E-state index contributed by atoms with van der Waals surface area (Å²) in [6, 6.07) is 4.11. The lowest BCUT2D eigenvalue weighted by Crippen LogP contribution is -2.30. The van der Waals surface area contributed by atoms with Crippen molar-refractivity contribution in [3.8, 4) is 5.75 Å². The Hall–Kier alpha value is -1.39. The van der Waals surface area contributed by atoms with E-state index in [4.69, 9.17) is 9.47 Å². The van der Waals surface area contributed by atoms with Gasteiger partial charge in [0.1, 0.15) is 5.75 Å². The molecule has 5 nitrogen and oxygen atoms in total. The molecule has 0 unspecified atom stereocenters.